The van der Waals surface area contributed by atoms with Crippen LogP contribution in [0.15, 0.2) is 40.7 Å². The maximum Gasteiger partial charge on any atom is 0.311 e. The Hall–Kier alpha value is -2.45. The number of pyridine rings is 1. The van der Waals surface area contributed by atoms with E-state index in [1.165, 1.54) is 23.1 Å². The smallest absolute Gasteiger partial charge is 0.311 e. The highest BCUT2D eigenvalue weighted by atomic mass is 32.2. The van der Waals surface area contributed by atoms with Crippen molar-refractivity contribution in [3.63, 3.8) is 0 Å². The molecule has 0 atom stereocenters. The van der Waals surface area contributed by atoms with Gasteiger partial charge in [0.25, 0.3) is 0 Å². The third-order valence-corrected chi connectivity index (χ3v) is 5.75. The van der Waals surface area contributed by atoms with Gasteiger partial charge in [0, 0.05) is 10.8 Å². The molecule has 0 spiro atoms. The molecule has 0 aliphatic rings. The van der Waals surface area contributed by atoms with Gasteiger partial charge in [0.1, 0.15) is 5.03 Å². The number of nitrogens with zero attached hydrogens (tertiary/aromatic N) is 2. The lowest BCUT2D eigenvalue weighted by atomic mass is 10.1. The number of benzene rings is 1. The summed E-state index contributed by atoms with van der Waals surface area (Å²) < 4.78 is 4.90. The lowest BCUT2D eigenvalue weighted by Crippen LogP contribution is -2.14. The number of hydrogen-bond acceptors (Lipinski definition) is 7. The van der Waals surface area contributed by atoms with Gasteiger partial charge < -0.3 is 10.1 Å². The van der Waals surface area contributed by atoms with Gasteiger partial charge in [-0.25, -0.2) is 9.97 Å². The minimum atomic E-state index is -0.323. The van der Waals surface area contributed by atoms with Gasteiger partial charge in [-0.3, -0.25) is 9.59 Å². The number of fused-ring (bicyclic) bond motifs is 1. The van der Waals surface area contributed by atoms with E-state index in [9.17, 15) is 9.59 Å². The SMILES string of the molecule is CCOC(=O)Cc1csc(NC(=O)CSc2nc3ccccc3cc2CC)n1. The third-order valence-electron chi connectivity index (χ3n) is 3.91. The molecule has 6 nitrogen and oxygen atoms in total. The van der Waals surface area contributed by atoms with E-state index in [0.717, 1.165) is 27.9 Å². The fraction of sp³-hybridized carbons (Fsp3) is 0.300. The molecule has 28 heavy (non-hydrogen) atoms. The van der Waals surface area contributed by atoms with E-state index in [0.29, 0.717) is 17.4 Å². The number of rotatable bonds is 8. The Morgan fingerprint density at radius 2 is 2.04 bits per heavy atom. The molecule has 8 heteroatoms. The van der Waals surface area contributed by atoms with Gasteiger partial charge in [-0.2, -0.15) is 0 Å². The summed E-state index contributed by atoms with van der Waals surface area (Å²) in [7, 11) is 0. The summed E-state index contributed by atoms with van der Waals surface area (Å²) in [5.74, 6) is -0.236. The zero-order chi connectivity index (χ0) is 19.9. The van der Waals surface area contributed by atoms with Gasteiger partial charge in [0.05, 0.1) is 30.0 Å². The Morgan fingerprint density at radius 3 is 2.82 bits per heavy atom. The summed E-state index contributed by atoms with van der Waals surface area (Å²) in [6.07, 6.45) is 0.960. The number of amides is 1. The van der Waals surface area contributed by atoms with Crippen LogP contribution < -0.4 is 5.32 Å². The third kappa shape index (κ3) is 5.30. The molecule has 2 heterocycles. The summed E-state index contributed by atoms with van der Waals surface area (Å²) in [5, 5.41) is 6.98. The van der Waals surface area contributed by atoms with E-state index in [1.807, 2.05) is 24.3 Å². The minimum absolute atomic E-state index is 0.107. The molecule has 0 fully saturated rings. The molecule has 0 aliphatic heterocycles. The number of carbonyl (C=O) groups excluding carboxylic acids is 2. The van der Waals surface area contributed by atoms with Crippen molar-refractivity contribution in [2.45, 2.75) is 31.7 Å². The van der Waals surface area contributed by atoms with E-state index in [1.54, 1.807) is 12.3 Å². The highest BCUT2D eigenvalue weighted by molar-refractivity contribution is 8.00. The van der Waals surface area contributed by atoms with E-state index in [-0.39, 0.29) is 24.1 Å². The summed E-state index contributed by atoms with van der Waals surface area (Å²) in [5.41, 5.74) is 2.64. The second-order valence-electron chi connectivity index (χ2n) is 5.96. The topological polar surface area (TPSA) is 81.2 Å². The number of thiazole rings is 1. The van der Waals surface area contributed by atoms with Crippen molar-refractivity contribution in [1.29, 1.82) is 0 Å². The van der Waals surface area contributed by atoms with Crippen LogP contribution in [0, 0.1) is 0 Å². The number of aromatic nitrogens is 2. The van der Waals surface area contributed by atoms with Gasteiger partial charge in [-0.1, -0.05) is 36.9 Å². The number of nitrogens with one attached hydrogen (secondary N) is 1. The Morgan fingerprint density at radius 1 is 1.21 bits per heavy atom. The van der Waals surface area contributed by atoms with Crippen LogP contribution in [0.4, 0.5) is 5.13 Å². The Labute approximate surface area is 171 Å². The first-order chi connectivity index (χ1) is 13.6. The molecule has 2 aromatic heterocycles. The first kappa shape index (κ1) is 20.3. The number of anilines is 1. The van der Waals surface area contributed by atoms with Gasteiger partial charge in [0.15, 0.2) is 5.13 Å². The van der Waals surface area contributed by atoms with Crippen molar-refractivity contribution in [1.82, 2.24) is 9.97 Å². The van der Waals surface area contributed by atoms with Crippen molar-refractivity contribution in [2.75, 3.05) is 17.7 Å². The molecule has 0 aliphatic carbocycles. The maximum atomic E-state index is 12.3. The lowest BCUT2D eigenvalue weighted by Gasteiger charge is -2.08. The standard InChI is InChI=1S/C20H21N3O3S2/c1-3-13-9-14-7-5-6-8-16(14)22-19(13)27-12-17(24)23-20-21-15(11-28-20)10-18(25)26-4-2/h5-9,11H,3-4,10,12H2,1-2H3,(H,21,23,24). The highest BCUT2D eigenvalue weighted by Crippen LogP contribution is 2.26. The highest BCUT2D eigenvalue weighted by Gasteiger charge is 2.12. The van der Waals surface area contributed by atoms with Crippen LogP contribution in [0.25, 0.3) is 10.9 Å². The summed E-state index contributed by atoms with van der Waals surface area (Å²) in [6.45, 7) is 4.18. The molecule has 0 unspecified atom stereocenters. The van der Waals surface area contributed by atoms with Gasteiger partial charge in [-0.15, -0.1) is 11.3 Å². The van der Waals surface area contributed by atoms with E-state index < -0.39 is 0 Å². The van der Waals surface area contributed by atoms with Crippen molar-refractivity contribution >= 4 is 51.0 Å². The van der Waals surface area contributed by atoms with Crippen LogP contribution in [0.2, 0.25) is 0 Å². The molecule has 1 aromatic carbocycles. The van der Waals surface area contributed by atoms with Crippen molar-refractivity contribution < 1.29 is 14.3 Å². The second-order valence-corrected chi connectivity index (χ2v) is 7.78. The summed E-state index contributed by atoms with van der Waals surface area (Å²) in [4.78, 5) is 32.8. The van der Waals surface area contributed by atoms with E-state index in [2.05, 4.69) is 23.3 Å². The number of aryl methyl sites for hydroxylation is 1. The Balaban J connectivity index is 1.59. The van der Waals surface area contributed by atoms with Crippen LogP contribution in [0.5, 0.6) is 0 Å². The number of para-hydroxylation sites is 1. The monoisotopic (exact) mass is 415 g/mol. The largest absolute Gasteiger partial charge is 0.466 e. The Bertz CT molecular complexity index is 988. The average Bonchev–Trinajstić information content (AvgIpc) is 3.12. The predicted molar refractivity (Wildman–Crippen MR) is 113 cm³/mol. The zero-order valence-electron chi connectivity index (χ0n) is 15.7. The van der Waals surface area contributed by atoms with Crippen LogP contribution in [0.3, 0.4) is 0 Å². The van der Waals surface area contributed by atoms with Gasteiger partial charge in [-0.05, 0) is 31.0 Å². The fourth-order valence-corrected chi connectivity index (χ4v) is 4.23. The zero-order valence-corrected chi connectivity index (χ0v) is 17.4. The molecule has 3 aromatic rings. The van der Waals surface area contributed by atoms with Crippen LogP contribution in [-0.2, 0) is 27.2 Å². The minimum Gasteiger partial charge on any atom is -0.466 e. The maximum absolute atomic E-state index is 12.3. The van der Waals surface area contributed by atoms with Crippen molar-refractivity contribution in [3.8, 4) is 0 Å². The molecule has 0 saturated carbocycles. The predicted octanol–water partition coefficient (Wildman–Crippen LogP) is 4.09. The van der Waals surface area contributed by atoms with Crippen LogP contribution in [-0.4, -0.2) is 34.2 Å². The molecule has 0 radical (unpaired) electrons. The quantitative estimate of drug-likeness (QED) is 0.441. The number of esters is 1. The molecule has 146 valence electrons. The van der Waals surface area contributed by atoms with E-state index in [4.69, 9.17) is 9.72 Å². The first-order valence-corrected chi connectivity index (χ1v) is 10.9. The molecular weight excluding hydrogens is 394 g/mol. The van der Waals surface area contributed by atoms with Gasteiger partial charge >= 0.3 is 5.97 Å². The molecular formula is C20H21N3O3S2. The van der Waals surface area contributed by atoms with Crippen molar-refractivity contribution in [2.24, 2.45) is 0 Å². The summed E-state index contributed by atoms with van der Waals surface area (Å²) in [6, 6.07) is 10.1. The van der Waals surface area contributed by atoms with E-state index >= 15 is 0 Å². The number of thioether (sulfide) groups is 1. The molecule has 0 bridgehead atoms. The molecule has 0 saturated heterocycles. The van der Waals surface area contributed by atoms with Gasteiger partial charge in [0.2, 0.25) is 5.91 Å². The average molecular weight is 416 g/mol. The number of carbonyl (C=O) groups is 2. The number of hydrogen-bond donors (Lipinski definition) is 1. The summed E-state index contributed by atoms with van der Waals surface area (Å²) >= 11 is 2.71. The van der Waals surface area contributed by atoms with Crippen LogP contribution in [0.1, 0.15) is 25.1 Å². The van der Waals surface area contributed by atoms with Crippen molar-refractivity contribution in [3.05, 3.63) is 47.0 Å². The molecule has 1 amide bonds. The molecule has 1 N–H and O–H groups in total. The number of ether oxygens (including phenoxy) is 1. The normalized spacial score (nSPS) is 10.8. The first-order valence-electron chi connectivity index (χ1n) is 9.00. The van der Waals surface area contributed by atoms with Crippen LogP contribution >= 0.6 is 23.1 Å². The second kappa shape index (κ2) is 9.66. The lowest BCUT2D eigenvalue weighted by molar-refractivity contribution is -0.142. The Kier molecular flexibility index (Phi) is 7.00. The fourth-order valence-electron chi connectivity index (χ4n) is 2.62. The molecule has 3 rings (SSSR count).